The summed E-state index contributed by atoms with van der Waals surface area (Å²) in [6.45, 7) is 6.15. The van der Waals surface area contributed by atoms with Crippen molar-refractivity contribution in [3.05, 3.63) is 59.4 Å². The molecule has 1 aromatic carbocycles. The average Bonchev–Trinajstić information content (AvgIpc) is 2.98. The van der Waals surface area contributed by atoms with E-state index in [0.29, 0.717) is 5.69 Å². The predicted molar refractivity (Wildman–Crippen MR) is 88.7 cm³/mol. The van der Waals surface area contributed by atoms with E-state index in [1.807, 2.05) is 36.4 Å². The molecule has 0 saturated heterocycles. The minimum atomic E-state index is -0.337. The zero-order valence-electron chi connectivity index (χ0n) is 13.0. The van der Waals surface area contributed by atoms with E-state index in [1.54, 1.807) is 12.1 Å². The molecule has 1 aromatic heterocycles. The summed E-state index contributed by atoms with van der Waals surface area (Å²) < 4.78 is 0. The van der Waals surface area contributed by atoms with Crippen molar-refractivity contribution in [2.45, 2.75) is 26.2 Å². The van der Waals surface area contributed by atoms with Gasteiger partial charge in [-0.05, 0) is 17.7 Å². The summed E-state index contributed by atoms with van der Waals surface area (Å²) in [5.74, 6) is -0.337. The lowest BCUT2D eigenvalue weighted by molar-refractivity contribution is 0.0950. The quantitative estimate of drug-likeness (QED) is 0.672. The third-order valence-electron chi connectivity index (χ3n) is 3.03. The third-order valence-corrected chi connectivity index (χ3v) is 3.03. The van der Waals surface area contributed by atoms with Gasteiger partial charge in [-0.1, -0.05) is 57.2 Å². The van der Waals surface area contributed by atoms with E-state index in [4.69, 9.17) is 0 Å². The van der Waals surface area contributed by atoms with Crippen LogP contribution >= 0.6 is 0 Å². The molecule has 0 spiro atoms. The molecular formula is C17H20N4O. The van der Waals surface area contributed by atoms with Crippen molar-refractivity contribution in [2.75, 3.05) is 0 Å². The van der Waals surface area contributed by atoms with Gasteiger partial charge in [0.25, 0.3) is 5.91 Å². The van der Waals surface area contributed by atoms with Crippen LogP contribution in [0.15, 0.2) is 47.6 Å². The van der Waals surface area contributed by atoms with Crippen LogP contribution in [0.2, 0.25) is 0 Å². The van der Waals surface area contributed by atoms with E-state index in [-0.39, 0.29) is 11.3 Å². The first-order valence-electron chi connectivity index (χ1n) is 7.08. The maximum atomic E-state index is 11.9. The van der Waals surface area contributed by atoms with E-state index < -0.39 is 0 Å². The highest BCUT2D eigenvalue weighted by Gasteiger charge is 2.18. The van der Waals surface area contributed by atoms with Crippen LogP contribution in [0.25, 0.3) is 6.08 Å². The molecule has 0 bridgehead atoms. The van der Waals surface area contributed by atoms with Gasteiger partial charge >= 0.3 is 0 Å². The highest BCUT2D eigenvalue weighted by Crippen LogP contribution is 2.20. The maximum Gasteiger partial charge on any atom is 0.291 e. The van der Waals surface area contributed by atoms with E-state index in [9.17, 15) is 4.79 Å². The van der Waals surface area contributed by atoms with Crippen molar-refractivity contribution in [1.82, 2.24) is 15.6 Å². The maximum absolute atomic E-state index is 11.9. The summed E-state index contributed by atoms with van der Waals surface area (Å²) >= 11 is 0. The third kappa shape index (κ3) is 4.41. The lowest BCUT2D eigenvalue weighted by Gasteiger charge is -2.14. The summed E-state index contributed by atoms with van der Waals surface area (Å²) in [7, 11) is 0. The average molecular weight is 296 g/mol. The van der Waals surface area contributed by atoms with Crippen molar-refractivity contribution in [1.29, 1.82) is 0 Å². The fourth-order valence-electron chi connectivity index (χ4n) is 1.74. The van der Waals surface area contributed by atoms with Crippen molar-refractivity contribution < 1.29 is 4.79 Å². The Morgan fingerprint density at radius 3 is 2.64 bits per heavy atom. The molecule has 2 N–H and O–H groups in total. The standard InChI is InChI=1S/C17H20N4O/c1-17(2,3)15-12-14(19-20-15)16(22)21-18-11-7-10-13-8-5-4-6-9-13/h4-12H,1-3H3,(H,19,20)(H,21,22). The number of hydrogen-bond donors (Lipinski definition) is 2. The molecule has 22 heavy (non-hydrogen) atoms. The van der Waals surface area contributed by atoms with Crippen LogP contribution in [0.4, 0.5) is 0 Å². The zero-order valence-corrected chi connectivity index (χ0v) is 13.0. The predicted octanol–water partition coefficient (Wildman–Crippen LogP) is 3.14. The number of aromatic nitrogens is 2. The van der Waals surface area contributed by atoms with Crippen molar-refractivity contribution in [3.8, 4) is 0 Å². The number of rotatable bonds is 4. The van der Waals surface area contributed by atoms with E-state index in [2.05, 4.69) is 41.5 Å². The summed E-state index contributed by atoms with van der Waals surface area (Å²) in [5, 5.41) is 10.7. The summed E-state index contributed by atoms with van der Waals surface area (Å²) in [6, 6.07) is 11.6. The number of hydrazone groups is 1. The van der Waals surface area contributed by atoms with Crippen LogP contribution < -0.4 is 5.43 Å². The second-order valence-electron chi connectivity index (χ2n) is 5.91. The molecule has 0 radical (unpaired) electrons. The van der Waals surface area contributed by atoms with Gasteiger partial charge in [0.05, 0.1) is 0 Å². The summed E-state index contributed by atoms with van der Waals surface area (Å²) in [5.41, 5.74) is 4.68. The van der Waals surface area contributed by atoms with E-state index >= 15 is 0 Å². The molecule has 1 amide bonds. The molecular weight excluding hydrogens is 276 g/mol. The van der Waals surface area contributed by atoms with Gasteiger partial charge in [0.15, 0.2) is 5.69 Å². The Labute approximate surface area is 130 Å². The van der Waals surface area contributed by atoms with Crippen molar-refractivity contribution in [3.63, 3.8) is 0 Å². The van der Waals surface area contributed by atoms with Crippen LogP contribution in [0, 0.1) is 0 Å². The number of carbonyl (C=O) groups is 1. The molecule has 0 aliphatic carbocycles. The number of H-pyrrole nitrogens is 1. The molecule has 2 rings (SSSR count). The van der Waals surface area contributed by atoms with Gasteiger partial charge in [-0.3, -0.25) is 9.89 Å². The molecule has 5 nitrogen and oxygen atoms in total. The monoisotopic (exact) mass is 296 g/mol. The molecule has 0 saturated carbocycles. The summed E-state index contributed by atoms with van der Waals surface area (Å²) in [6.07, 6.45) is 5.20. The van der Waals surface area contributed by atoms with Crippen LogP contribution in [0.5, 0.6) is 0 Å². The van der Waals surface area contributed by atoms with Gasteiger partial charge in [0, 0.05) is 17.3 Å². The van der Waals surface area contributed by atoms with Crippen LogP contribution in [0.3, 0.4) is 0 Å². The number of carbonyl (C=O) groups excluding carboxylic acids is 1. The van der Waals surface area contributed by atoms with Gasteiger partial charge < -0.3 is 0 Å². The normalized spacial score (nSPS) is 12.1. The zero-order chi connectivity index (χ0) is 16.0. The Balaban J connectivity index is 1.89. The Bertz CT molecular complexity index is 678. The van der Waals surface area contributed by atoms with Gasteiger partial charge in [-0.15, -0.1) is 0 Å². The number of benzene rings is 1. The van der Waals surface area contributed by atoms with Crippen LogP contribution in [-0.2, 0) is 5.41 Å². The fourth-order valence-corrected chi connectivity index (χ4v) is 1.74. The molecule has 0 aliphatic rings. The second-order valence-corrected chi connectivity index (χ2v) is 5.91. The van der Waals surface area contributed by atoms with E-state index in [1.165, 1.54) is 6.21 Å². The van der Waals surface area contributed by atoms with Crippen LogP contribution in [-0.4, -0.2) is 22.3 Å². The number of allylic oxidation sites excluding steroid dienone is 1. The van der Waals surface area contributed by atoms with Crippen molar-refractivity contribution in [2.24, 2.45) is 5.10 Å². The van der Waals surface area contributed by atoms with Gasteiger partial charge in [-0.2, -0.15) is 10.2 Å². The Hall–Kier alpha value is -2.69. The first-order chi connectivity index (χ1) is 10.5. The van der Waals surface area contributed by atoms with Gasteiger partial charge in [0.1, 0.15) is 0 Å². The lowest BCUT2D eigenvalue weighted by atomic mass is 9.92. The number of aromatic amines is 1. The highest BCUT2D eigenvalue weighted by molar-refractivity contribution is 5.93. The largest absolute Gasteiger partial charge is 0.291 e. The molecule has 114 valence electrons. The minimum Gasteiger partial charge on any atom is -0.281 e. The molecule has 0 atom stereocenters. The minimum absolute atomic E-state index is 0.0762. The molecule has 0 unspecified atom stereocenters. The number of amides is 1. The van der Waals surface area contributed by atoms with Gasteiger partial charge in [0.2, 0.25) is 0 Å². The number of hydrogen-bond acceptors (Lipinski definition) is 3. The SMILES string of the molecule is CC(C)(C)c1cc(C(=O)NN=CC=Cc2ccccc2)n[nH]1. The Morgan fingerprint density at radius 2 is 2.00 bits per heavy atom. The number of nitrogens with one attached hydrogen (secondary N) is 2. The Kier molecular flexibility index (Phi) is 4.88. The van der Waals surface area contributed by atoms with E-state index in [0.717, 1.165) is 11.3 Å². The molecule has 1 heterocycles. The van der Waals surface area contributed by atoms with Crippen LogP contribution in [0.1, 0.15) is 42.5 Å². The summed E-state index contributed by atoms with van der Waals surface area (Å²) in [4.78, 5) is 11.9. The molecule has 2 aromatic rings. The lowest BCUT2D eigenvalue weighted by Crippen LogP contribution is -2.17. The Morgan fingerprint density at radius 1 is 1.27 bits per heavy atom. The second kappa shape index (κ2) is 6.85. The van der Waals surface area contributed by atoms with Gasteiger partial charge in [-0.25, -0.2) is 5.43 Å². The number of nitrogens with zero attached hydrogens (tertiary/aromatic N) is 2. The van der Waals surface area contributed by atoms with Crippen molar-refractivity contribution >= 4 is 18.2 Å². The fraction of sp³-hybridized carbons (Fsp3) is 0.235. The first kappa shape index (κ1) is 15.7. The molecule has 5 heteroatoms. The highest BCUT2D eigenvalue weighted by atomic mass is 16.2. The topological polar surface area (TPSA) is 70.1 Å². The molecule has 0 fully saturated rings. The first-order valence-corrected chi connectivity index (χ1v) is 7.08. The molecule has 0 aliphatic heterocycles. The smallest absolute Gasteiger partial charge is 0.281 e.